The van der Waals surface area contributed by atoms with Gasteiger partial charge in [0.2, 0.25) is 17.0 Å². The van der Waals surface area contributed by atoms with Crippen LogP contribution in [0.25, 0.3) is 0 Å². The molecule has 2 heterocycles. The summed E-state index contributed by atoms with van der Waals surface area (Å²) in [5, 5.41) is 15.6. The van der Waals surface area contributed by atoms with Gasteiger partial charge in [-0.25, -0.2) is 4.68 Å². The summed E-state index contributed by atoms with van der Waals surface area (Å²) < 4.78 is 6.78. The van der Waals surface area contributed by atoms with E-state index < -0.39 is 0 Å². The molecule has 2 aromatic heterocycles. The first-order valence-corrected chi connectivity index (χ1v) is 8.03. The number of hydrogen-bond acceptors (Lipinski definition) is 8. The van der Waals surface area contributed by atoms with Crippen LogP contribution in [0.4, 0.5) is 0 Å². The number of rotatable bonds is 6. The van der Waals surface area contributed by atoms with E-state index >= 15 is 0 Å². The van der Waals surface area contributed by atoms with Crippen LogP contribution >= 0.6 is 11.8 Å². The van der Waals surface area contributed by atoms with Crippen molar-refractivity contribution in [2.75, 3.05) is 12.8 Å². The van der Waals surface area contributed by atoms with Gasteiger partial charge in [0.25, 0.3) is 0 Å². The van der Waals surface area contributed by atoms with Crippen molar-refractivity contribution in [2.45, 2.75) is 36.9 Å². The average Bonchev–Trinajstić information content (AvgIpc) is 3.04. The maximum atomic E-state index is 12.1. The van der Waals surface area contributed by atoms with E-state index in [2.05, 4.69) is 25.7 Å². The molecule has 0 aromatic carbocycles. The van der Waals surface area contributed by atoms with Crippen LogP contribution in [-0.4, -0.2) is 54.0 Å². The monoisotopic (exact) mass is 323 g/mol. The minimum Gasteiger partial charge on any atom is -0.339 e. The van der Waals surface area contributed by atoms with Crippen LogP contribution in [0.2, 0.25) is 0 Å². The Labute approximate surface area is 131 Å². The lowest BCUT2D eigenvalue weighted by Gasteiger charge is -2.20. The molecule has 0 unspecified atom stereocenters. The van der Waals surface area contributed by atoms with E-state index in [9.17, 15) is 4.79 Å². The normalized spacial score (nSPS) is 14.8. The van der Waals surface area contributed by atoms with Gasteiger partial charge < -0.3 is 9.42 Å². The first-order valence-electron chi connectivity index (χ1n) is 7.05. The van der Waals surface area contributed by atoms with Crippen molar-refractivity contribution in [3.63, 3.8) is 0 Å². The maximum absolute atomic E-state index is 12.1. The Kier molecular flexibility index (Phi) is 4.36. The highest BCUT2D eigenvalue weighted by Crippen LogP contribution is 2.35. The predicted molar refractivity (Wildman–Crippen MR) is 76.9 cm³/mol. The largest absolute Gasteiger partial charge is 0.339 e. The van der Waals surface area contributed by atoms with E-state index in [1.807, 2.05) is 0 Å². The predicted octanol–water partition coefficient (Wildman–Crippen LogP) is 0.611. The molecule has 0 radical (unpaired) electrons. The molecule has 118 valence electrons. The summed E-state index contributed by atoms with van der Waals surface area (Å²) in [7, 11) is 3.45. The van der Waals surface area contributed by atoms with E-state index in [1.54, 1.807) is 19.0 Å². The van der Waals surface area contributed by atoms with Crippen molar-refractivity contribution < 1.29 is 9.32 Å². The molecule has 3 rings (SSSR count). The molecule has 0 atom stereocenters. The number of aromatic nitrogens is 6. The van der Waals surface area contributed by atoms with Gasteiger partial charge in [-0.3, -0.25) is 4.79 Å². The molecule has 2 aromatic rings. The molecule has 1 aliphatic rings. The molecule has 0 saturated heterocycles. The summed E-state index contributed by atoms with van der Waals surface area (Å²) >= 11 is 1.29. The highest BCUT2D eigenvalue weighted by atomic mass is 32.2. The molecular formula is C12H17N7O2S. The van der Waals surface area contributed by atoms with Crippen molar-refractivity contribution in [2.24, 2.45) is 7.05 Å². The SMILES string of the molecule is CN(Cc1noc(C2CCC2)n1)C(=O)CSc1nnnn1C. The number of tetrazole rings is 1. The number of carbonyl (C=O) groups is 1. The quantitative estimate of drug-likeness (QED) is 0.712. The minimum absolute atomic E-state index is 0.0389. The van der Waals surface area contributed by atoms with Gasteiger partial charge in [0, 0.05) is 20.0 Å². The van der Waals surface area contributed by atoms with Crippen LogP contribution in [0.5, 0.6) is 0 Å². The van der Waals surface area contributed by atoms with Gasteiger partial charge in [0.05, 0.1) is 12.3 Å². The van der Waals surface area contributed by atoms with Gasteiger partial charge in [-0.1, -0.05) is 23.3 Å². The lowest BCUT2D eigenvalue weighted by molar-refractivity contribution is -0.127. The summed E-state index contributed by atoms with van der Waals surface area (Å²) in [6.07, 6.45) is 3.44. The molecule has 10 heteroatoms. The van der Waals surface area contributed by atoms with E-state index in [1.165, 1.54) is 22.9 Å². The molecule has 9 nitrogen and oxygen atoms in total. The van der Waals surface area contributed by atoms with Crippen LogP contribution in [0.15, 0.2) is 9.68 Å². The first kappa shape index (κ1) is 14.9. The lowest BCUT2D eigenvalue weighted by Crippen LogP contribution is -2.28. The summed E-state index contributed by atoms with van der Waals surface area (Å²) in [4.78, 5) is 18.0. The van der Waals surface area contributed by atoms with Gasteiger partial charge in [-0.15, -0.1) is 5.10 Å². The Bertz CT molecular complexity index is 651. The van der Waals surface area contributed by atoms with Gasteiger partial charge >= 0.3 is 0 Å². The number of carbonyl (C=O) groups excluding carboxylic acids is 1. The number of aryl methyl sites for hydroxylation is 1. The van der Waals surface area contributed by atoms with E-state index in [4.69, 9.17) is 4.52 Å². The zero-order valence-corrected chi connectivity index (χ0v) is 13.3. The van der Waals surface area contributed by atoms with E-state index in [-0.39, 0.29) is 11.7 Å². The number of amides is 1. The van der Waals surface area contributed by atoms with Crippen LogP contribution in [-0.2, 0) is 18.4 Å². The van der Waals surface area contributed by atoms with Crippen LogP contribution in [0.1, 0.15) is 36.9 Å². The number of nitrogens with zero attached hydrogens (tertiary/aromatic N) is 7. The van der Waals surface area contributed by atoms with Crippen molar-refractivity contribution in [3.05, 3.63) is 11.7 Å². The average molecular weight is 323 g/mol. The topological polar surface area (TPSA) is 103 Å². The molecule has 0 N–H and O–H groups in total. The Hall–Kier alpha value is -1.97. The van der Waals surface area contributed by atoms with Crippen LogP contribution in [0, 0.1) is 0 Å². The van der Waals surface area contributed by atoms with Crippen molar-refractivity contribution in [1.82, 2.24) is 35.2 Å². The van der Waals surface area contributed by atoms with Crippen molar-refractivity contribution in [3.8, 4) is 0 Å². The molecule has 1 amide bonds. The molecule has 0 spiro atoms. The molecule has 1 fully saturated rings. The first-order chi connectivity index (χ1) is 10.6. The summed E-state index contributed by atoms with van der Waals surface area (Å²) in [5.74, 6) is 1.87. The number of thioether (sulfide) groups is 1. The molecule has 1 saturated carbocycles. The minimum atomic E-state index is -0.0389. The fraction of sp³-hybridized carbons (Fsp3) is 0.667. The van der Waals surface area contributed by atoms with Gasteiger partial charge in [-0.05, 0) is 23.3 Å². The second-order valence-corrected chi connectivity index (χ2v) is 6.24. The van der Waals surface area contributed by atoms with Crippen molar-refractivity contribution in [1.29, 1.82) is 0 Å². The Morgan fingerprint density at radius 2 is 2.32 bits per heavy atom. The zero-order valence-electron chi connectivity index (χ0n) is 12.5. The third-order valence-electron chi connectivity index (χ3n) is 3.65. The number of hydrogen-bond donors (Lipinski definition) is 0. The molecule has 22 heavy (non-hydrogen) atoms. The summed E-state index contributed by atoms with van der Waals surface area (Å²) in [6.45, 7) is 0.340. The third kappa shape index (κ3) is 3.26. The standard InChI is InChI=1S/C12H17N7O2S/c1-18(10(20)7-22-12-14-16-17-19(12)2)6-9-13-11(21-15-9)8-4-3-5-8/h8H,3-7H2,1-2H3. The Morgan fingerprint density at radius 3 is 2.95 bits per heavy atom. The molecule has 1 aliphatic carbocycles. The van der Waals surface area contributed by atoms with E-state index in [0.29, 0.717) is 29.3 Å². The smallest absolute Gasteiger partial charge is 0.233 e. The van der Waals surface area contributed by atoms with Crippen molar-refractivity contribution >= 4 is 17.7 Å². The fourth-order valence-corrected chi connectivity index (χ4v) is 2.82. The Morgan fingerprint density at radius 1 is 1.50 bits per heavy atom. The van der Waals surface area contributed by atoms with Gasteiger partial charge in [0.1, 0.15) is 0 Å². The second-order valence-electron chi connectivity index (χ2n) is 5.30. The molecular weight excluding hydrogens is 306 g/mol. The second kappa shape index (κ2) is 6.42. The molecule has 0 bridgehead atoms. The highest BCUT2D eigenvalue weighted by Gasteiger charge is 2.25. The van der Waals surface area contributed by atoms with Crippen LogP contribution < -0.4 is 0 Å². The zero-order chi connectivity index (χ0) is 15.5. The van der Waals surface area contributed by atoms with Gasteiger partial charge in [0.15, 0.2) is 5.82 Å². The van der Waals surface area contributed by atoms with Gasteiger partial charge in [-0.2, -0.15) is 4.98 Å². The van der Waals surface area contributed by atoms with E-state index in [0.717, 1.165) is 12.8 Å². The Balaban J connectivity index is 1.50. The maximum Gasteiger partial charge on any atom is 0.233 e. The lowest BCUT2D eigenvalue weighted by atomic mass is 9.85. The fourth-order valence-electron chi connectivity index (χ4n) is 2.03. The highest BCUT2D eigenvalue weighted by molar-refractivity contribution is 7.99. The molecule has 0 aliphatic heterocycles. The van der Waals surface area contributed by atoms with Crippen LogP contribution in [0.3, 0.4) is 0 Å². The summed E-state index contributed by atoms with van der Waals surface area (Å²) in [6, 6.07) is 0. The summed E-state index contributed by atoms with van der Waals surface area (Å²) in [5.41, 5.74) is 0. The third-order valence-corrected chi connectivity index (χ3v) is 4.64.